The highest BCUT2D eigenvalue weighted by Gasteiger charge is 2.37. The standard InChI is InChI=1S/C12H20N4O3/c1-3-6-15-12(11(16(18)19)9(2)13-15)14(7-8-17)10-4-5-10/h10,17H,3-8H2,1-2H3. The van der Waals surface area contributed by atoms with Crippen LogP contribution in [0.1, 0.15) is 31.9 Å². The summed E-state index contributed by atoms with van der Waals surface area (Å²) in [5, 5.41) is 24.8. The zero-order chi connectivity index (χ0) is 14.0. The average molecular weight is 268 g/mol. The molecule has 7 nitrogen and oxygen atoms in total. The molecule has 7 heteroatoms. The first-order valence-electron chi connectivity index (χ1n) is 6.69. The molecule has 19 heavy (non-hydrogen) atoms. The summed E-state index contributed by atoms with van der Waals surface area (Å²) in [7, 11) is 0. The molecule has 0 unspecified atom stereocenters. The van der Waals surface area contributed by atoms with E-state index in [4.69, 9.17) is 0 Å². The highest BCUT2D eigenvalue weighted by Crippen LogP contribution is 2.38. The van der Waals surface area contributed by atoms with Crippen LogP contribution in [-0.4, -0.2) is 39.0 Å². The number of aliphatic hydroxyl groups is 1. The van der Waals surface area contributed by atoms with E-state index < -0.39 is 0 Å². The average Bonchev–Trinajstić information content (AvgIpc) is 3.12. The second-order valence-electron chi connectivity index (χ2n) is 4.89. The number of aromatic nitrogens is 2. The molecule has 0 spiro atoms. The van der Waals surface area contributed by atoms with E-state index in [2.05, 4.69) is 5.10 Å². The predicted molar refractivity (Wildman–Crippen MR) is 71.4 cm³/mol. The van der Waals surface area contributed by atoms with E-state index in [0.717, 1.165) is 19.3 Å². The number of hydrogen-bond acceptors (Lipinski definition) is 5. The van der Waals surface area contributed by atoms with Gasteiger partial charge in [0.05, 0.1) is 11.5 Å². The molecule has 0 aromatic carbocycles. The van der Waals surface area contributed by atoms with E-state index in [1.165, 1.54) is 0 Å². The fourth-order valence-electron chi connectivity index (χ4n) is 2.38. The Morgan fingerprint density at radius 2 is 2.26 bits per heavy atom. The van der Waals surface area contributed by atoms with Crippen LogP contribution in [0.3, 0.4) is 0 Å². The second-order valence-corrected chi connectivity index (χ2v) is 4.89. The molecule has 0 saturated heterocycles. The molecule has 0 atom stereocenters. The van der Waals surface area contributed by atoms with E-state index >= 15 is 0 Å². The normalized spacial score (nSPS) is 14.7. The predicted octanol–water partition coefficient (Wildman–Crippen LogP) is 1.47. The monoisotopic (exact) mass is 268 g/mol. The molecule has 1 heterocycles. The third-order valence-electron chi connectivity index (χ3n) is 3.29. The van der Waals surface area contributed by atoms with Gasteiger partial charge in [0.1, 0.15) is 5.69 Å². The second kappa shape index (κ2) is 5.56. The maximum Gasteiger partial charge on any atom is 0.333 e. The van der Waals surface area contributed by atoms with Crippen LogP contribution in [0.4, 0.5) is 11.5 Å². The van der Waals surface area contributed by atoms with E-state index in [9.17, 15) is 15.2 Å². The summed E-state index contributed by atoms with van der Waals surface area (Å²) in [6.45, 7) is 4.74. The Labute approximate surface area is 112 Å². The maximum atomic E-state index is 11.3. The van der Waals surface area contributed by atoms with E-state index in [1.54, 1.807) is 11.6 Å². The lowest BCUT2D eigenvalue weighted by Crippen LogP contribution is -2.31. The molecule has 1 fully saturated rings. The molecule has 0 amide bonds. The van der Waals surface area contributed by atoms with Crippen LogP contribution in [0.25, 0.3) is 0 Å². The lowest BCUT2D eigenvalue weighted by molar-refractivity contribution is -0.384. The molecule has 0 radical (unpaired) electrons. The van der Waals surface area contributed by atoms with Gasteiger partial charge in [0.2, 0.25) is 5.82 Å². The molecule has 1 N–H and O–H groups in total. The van der Waals surface area contributed by atoms with E-state index in [0.29, 0.717) is 30.6 Å². The Bertz CT molecular complexity index is 468. The molecule has 1 saturated carbocycles. The molecule has 1 aliphatic rings. The highest BCUT2D eigenvalue weighted by molar-refractivity contribution is 5.62. The van der Waals surface area contributed by atoms with Gasteiger partial charge in [-0.1, -0.05) is 6.92 Å². The number of hydrogen-bond donors (Lipinski definition) is 1. The molecule has 0 bridgehead atoms. The first-order chi connectivity index (χ1) is 9.10. The van der Waals surface area contributed by atoms with Gasteiger partial charge in [0, 0.05) is 19.1 Å². The number of aliphatic hydroxyl groups excluding tert-OH is 1. The SMILES string of the molecule is CCCn1nc(C)c([N+](=O)[O-])c1N(CCO)C1CC1. The summed E-state index contributed by atoms with van der Waals surface area (Å²) in [6.07, 6.45) is 2.91. The fraction of sp³-hybridized carbons (Fsp3) is 0.750. The summed E-state index contributed by atoms with van der Waals surface area (Å²) < 4.78 is 1.71. The Balaban J connectivity index is 2.46. The van der Waals surface area contributed by atoms with Gasteiger partial charge in [-0.2, -0.15) is 5.10 Å². The summed E-state index contributed by atoms with van der Waals surface area (Å²) in [4.78, 5) is 12.8. The molecule has 1 aliphatic carbocycles. The zero-order valence-electron chi connectivity index (χ0n) is 11.4. The van der Waals surface area contributed by atoms with Crippen molar-refractivity contribution in [3.05, 3.63) is 15.8 Å². The van der Waals surface area contributed by atoms with Crippen molar-refractivity contribution in [1.29, 1.82) is 0 Å². The zero-order valence-corrected chi connectivity index (χ0v) is 11.4. The molecular weight excluding hydrogens is 248 g/mol. The molecular formula is C12H20N4O3. The van der Waals surface area contributed by atoms with Crippen LogP contribution in [0.2, 0.25) is 0 Å². The van der Waals surface area contributed by atoms with Crippen LogP contribution in [0.15, 0.2) is 0 Å². The smallest absolute Gasteiger partial charge is 0.333 e. The molecule has 2 rings (SSSR count). The highest BCUT2D eigenvalue weighted by atomic mass is 16.6. The van der Waals surface area contributed by atoms with Gasteiger partial charge in [-0.15, -0.1) is 0 Å². The van der Waals surface area contributed by atoms with Crippen molar-refractivity contribution in [3.8, 4) is 0 Å². The largest absolute Gasteiger partial charge is 0.395 e. The summed E-state index contributed by atoms with van der Waals surface area (Å²) in [5.74, 6) is 0.556. The van der Waals surface area contributed by atoms with E-state index in [-0.39, 0.29) is 17.2 Å². The van der Waals surface area contributed by atoms with Gasteiger partial charge in [0.25, 0.3) is 0 Å². The van der Waals surface area contributed by atoms with Gasteiger partial charge < -0.3 is 10.0 Å². The van der Waals surface area contributed by atoms with Gasteiger partial charge in [-0.05, 0) is 26.2 Å². The summed E-state index contributed by atoms with van der Waals surface area (Å²) in [6, 6.07) is 0.303. The minimum Gasteiger partial charge on any atom is -0.395 e. The fourth-order valence-corrected chi connectivity index (χ4v) is 2.38. The third-order valence-corrected chi connectivity index (χ3v) is 3.29. The van der Waals surface area contributed by atoms with Crippen molar-refractivity contribution in [1.82, 2.24) is 9.78 Å². The maximum absolute atomic E-state index is 11.3. The van der Waals surface area contributed by atoms with Crippen molar-refractivity contribution in [3.63, 3.8) is 0 Å². The molecule has 0 aliphatic heterocycles. The van der Waals surface area contributed by atoms with Crippen molar-refractivity contribution in [2.24, 2.45) is 0 Å². The van der Waals surface area contributed by atoms with Crippen molar-refractivity contribution in [2.75, 3.05) is 18.1 Å². The van der Waals surface area contributed by atoms with Crippen LogP contribution >= 0.6 is 0 Å². The number of rotatable bonds is 7. The van der Waals surface area contributed by atoms with Crippen LogP contribution in [0.5, 0.6) is 0 Å². The van der Waals surface area contributed by atoms with Gasteiger partial charge in [0.15, 0.2) is 0 Å². The van der Waals surface area contributed by atoms with Gasteiger partial charge >= 0.3 is 5.69 Å². The number of nitrogens with zero attached hydrogens (tertiary/aromatic N) is 4. The van der Waals surface area contributed by atoms with Crippen LogP contribution in [0, 0.1) is 17.0 Å². The topological polar surface area (TPSA) is 84.4 Å². The molecule has 106 valence electrons. The Kier molecular flexibility index (Phi) is 4.04. The summed E-state index contributed by atoms with van der Waals surface area (Å²) >= 11 is 0. The lowest BCUT2D eigenvalue weighted by atomic mass is 10.3. The van der Waals surface area contributed by atoms with Crippen molar-refractivity contribution >= 4 is 11.5 Å². The Morgan fingerprint density at radius 1 is 1.58 bits per heavy atom. The Morgan fingerprint density at radius 3 is 2.74 bits per heavy atom. The minimum absolute atomic E-state index is 0.00991. The molecule has 1 aromatic heterocycles. The molecule has 1 aromatic rings. The number of aryl methyl sites for hydroxylation is 2. The number of anilines is 1. The first-order valence-corrected chi connectivity index (χ1v) is 6.69. The van der Waals surface area contributed by atoms with Gasteiger partial charge in [-0.25, -0.2) is 4.68 Å². The number of nitro groups is 1. The van der Waals surface area contributed by atoms with Gasteiger partial charge in [-0.3, -0.25) is 10.1 Å². The first kappa shape index (κ1) is 13.8. The van der Waals surface area contributed by atoms with Crippen LogP contribution < -0.4 is 4.90 Å². The van der Waals surface area contributed by atoms with Crippen molar-refractivity contribution < 1.29 is 10.0 Å². The lowest BCUT2D eigenvalue weighted by Gasteiger charge is -2.23. The Hall–Kier alpha value is -1.63. The van der Waals surface area contributed by atoms with Crippen molar-refractivity contribution in [2.45, 2.75) is 45.7 Å². The van der Waals surface area contributed by atoms with Crippen LogP contribution in [-0.2, 0) is 6.54 Å². The minimum atomic E-state index is -0.365. The summed E-state index contributed by atoms with van der Waals surface area (Å²) in [5.41, 5.74) is 0.519. The third kappa shape index (κ3) is 2.70. The quantitative estimate of drug-likeness (QED) is 0.598. The van der Waals surface area contributed by atoms with E-state index in [1.807, 2.05) is 11.8 Å².